The average molecular weight is 415 g/mol. The Bertz CT molecular complexity index is 1020. The van der Waals surface area contributed by atoms with Crippen molar-refractivity contribution in [1.29, 1.82) is 0 Å². The fourth-order valence-electron chi connectivity index (χ4n) is 3.11. The first-order valence-corrected chi connectivity index (χ1v) is 8.68. The number of methoxy groups -OCH3 is 2. The molecule has 4 rings (SSSR count). The monoisotopic (exact) mass is 414 g/mol. The van der Waals surface area contributed by atoms with Gasteiger partial charge < -0.3 is 19.5 Å². The van der Waals surface area contributed by atoms with Gasteiger partial charge in [0.2, 0.25) is 6.23 Å². The number of carbonyl (C=O) groups excluding carboxylic acids is 1. The van der Waals surface area contributed by atoms with Gasteiger partial charge in [0.15, 0.2) is 11.5 Å². The second-order valence-electron chi connectivity index (χ2n) is 5.72. The summed E-state index contributed by atoms with van der Waals surface area (Å²) in [5.41, 5.74) is 2.62. The Labute approximate surface area is 158 Å². The van der Waals surface area contributed by atoms with Gasteiger partial charge in [-0.3, -0.25) is 4.98 Å². The number of hydrogen-bond donors (Lipinski definition) is 1. The van der Waals surface area contributed by atoms with Crippen LogP contribution in [0, 0.1) is 0 Å². The highest BCUT2D eigenvalue weighted by molar-refractivity contribution is 9.10. The van der Waals surface area contributed by atoms with Gasteiger partial charge in [0.05, 0.1) is 25.4 Å². The summed E-state index contributed by atoms with van der Waals surface area (Å²) in [6.45, 7) is 0. The number of esters is 1. The number of fused-ring (bicyclic) bond motifs is 2. The molecule has 6 nitrogen and oxygen atoms in total. The lowest BCUT2D eigenvalue weighted by atomic mass is 10.1. The maximum Gasteiger partial charge on any atom is 0.344 e. The molecule has 0 saturated carbocycles. The highest BCUT2D eigenvalue weighted by Gasteiger charge is 2.36. The van der Waals surface area contributed by atoms with E-state index in [1.165, 1.54) is 14.2 Å². The van der Waals surface area contributed by atoms with Crippen molar-refractivity contribution in [2.45, 2.75) is 6.23 Å². The maximum absolute atomic E-state index is 12.4. The molecule has 0 bridgehead atoms. The predicted octanol–water partition coefficient (Wildman–Crippen LogP) is 4.30. The van der Waals surface area contributed by atoms with Crippen LogP contribution in [-0.4, -0.2) is 25.2 Å². The number of rotatable bonds is 4. The number of hydrogen-bond acceptors (Lipinski definition) is 6. The first-order valence-electron chi connectivity index (χ1n) is 7.89. The molecule has 0 aliphatic carbocycles. The van der Waals surface area contributed by atoms with E-state index < -0.39 is 12.2 Å². The Morgan fingerprint density at radius 2 is 2.04 bits per heavy atom. The third-order valence-electron chi connectivity index (χ3n) is 4.25. The fraction of sp³-hybridized carbons (Fsp3) is 0.158. The highest BCUT2D eigenvalue weighted by atomic mass is 79.9. The van der Waals surface area contributed by atoms with Crippen molar-refractivity contribution in [2.24, 2.45) is 0 Å². The van der Waals surface area contributed by atoms with Crippen LogP contribution in [0.2, 0.25) is 0 Å². The summed E-state index contributed by atoms with van der Waals surface area (Å²) >= 11 is 3.51. The van der Waals surface area contributed by atoms with Gasteiger partial charge >= 0.3 is 5.97 Å². The minimum absolute atomic E-state index is 0.372. The largest absolute Gasteiger partial charge is 0.493 e. The Kier molecular flexibility index (Phi) is 4.16. The first-order chi connectivity index (χ1) is 12.6. The number of halogens is 1. The SMILES string of the molecule is COc1ccc2c(c1OC)C(=O)O[C@H]2Nc1cc(Br)cc2cccnc12. The van der Waals surface area contributed by atoms with Gasteiger partial charge in [-0.25, -0.2) is 4.79 Å². The number of ether oxygens (including phenoxy) is 3. The van der Waals surface area contributed by atoms with Crippen LogP contribution in [-0.2, 0) is 4.74 Å². The molecule has 7 heteroatoms. The normalized spacial score (nSPS) is 15.5. The molecule has 0 spiro atoms. The fourth-order valence-corrected chi connectivity index (χ4v) is 3.59. The number of nitrogens with one attached hydrogen (secondary N) is 1. The van der Waals surface area contributed by atoms with E-state index in [2.05, 4.69) is 26.2 Å². The summed E-state index contributed by atoms with van der Waals surface area (Å²) < 4.78 is 17.1. The summed E-state index contributed by atoms with van der Waals surface area (Å²) in [4.78, 5) is 16.9. The number of aromatic nitrogens is 1. The van der Waals surface area contributed by atoms with Crippen LogP contribution in [0.25, 0.3) is 10.9 Å². The van der Waals surface area contributed by atoms with Crippen LogP contribution < -0.4 is 14.8 Å². The molecule has 132 valence electrons. The summed E-state index contributed by atoms with van der Waals surface area (Å²) in [6.07, 6.45) is 1.08. The zero-order valence-electron chi connectivity index (χ0n) is 14.1. The quantitative estimate of drug-likeness (QED) is 0.641. The minimum atomic E-state index is -0.642. The van der Waals surface area contributed by atoms with E-state index in [0.29, 0.717) is 22.6 Å². The first kappa shape index (κ1) is 16.7. The zero-order valence-corrected chi connectivity index (χ0v) is 15.7. The molecule has 2 aromatic carbocycles. The second kappa shape index (κ2) is 6.49. The van der Waals surface area contributed by atoms with E-state index in [9.17, 15) is 4.79 Å². The standard InChI is InChI=1S/C19H15BrN2O4/c1-24-14-6-5-12-15(17(14)25-2)19(23)26-18(12)22-13-9-11(20)8-10-4-3-7-21-16(10)13/h3-9,18,22H,1-2H3/t18-/m1/s1. The Morgan fingerprint density at radius 1 is 1.19 bits per heavy atom. The van der Waals surface area contributed by atoms with Gasteiger partial charge in [-0.05, 0) is 30.3 Å². The van der Waals surface area contributed by atoms with Gasteiger partial charge in [-0.1, -0.05) is 22.0 Å². The van der Waals surface area contributed by atoms with E-state index in [1.807, 2.05) is 24.3 Å². The molecular formula is C19H15BrN2O4. The molecule has 1 N–H and O–H groups in total. The predicted molar refractivity (Wildman–Crippen MR) is 101 cm³/mol. The number of carbonyl (C=O) groups is 1. The summed E-state index contributed by atoms with van der Waals surface area (Å²) in [7, 11) is 3.03. The van der Waals surface area contributed by atoms with Gasteiger partial charge in [0.1, 0.15) is 5.56 Å². The number of anilines is 1. The van der Waals surface area contributed by atoms with Gasteiger partial charge in [0, 0.05) is 21.6 Å². The Balaban J connectivity index is 1.78. The third-order valence-corrected chi connectivity index (χ3v) is 4.70. The minimum Gasteiger partial charge on any atom is -0.493 e. The van der Waals surface area contributed by atoms with Crippen LogP contribution >= 0.6 is 15.9 Å². The Hall–Kier alpha value is -2.80. The molecule has 0 amide bonds. The molecule has 0 unspecified atom stereocenters. The van der Waals surface area contributed by atoms with E-state index in [-0.39, 0.29) is 0 Å². The van der Waals surface area contributed by atoms with Crippen LogP contribution in [0.1, 0.15) is 22.1 Å². The number of pyridine rings is 1. The van der Waals surface area contributed by atoms with Gasteiger partial charge in [-0.15, -0.1) is 0 Å². The maximum atomic E-state index is 12.4. The molecule has 0 saturated heterocycles. The third kappa shape index (κ3) is 2.64. The molecule has 3 aromatic rings. The lowest BCUT2D eigenvalue weighted by Crippen LogP contribution is -2.11. The molecule has 0 fully saturated rings. The van der Waals surface area contributed by atoms with Crippen LogP contribution in [0.3, 0.4) is 0 Å². The van der Waals surface area contributed by atoms with Crippen molar-refractivity contribution in [2.75, 3.05) is 19.5 Å². The van der Waals surface area contributed by atoms with Crippen LogP contribution in [0.15, 0.2) is 47.1 Å². The molecule has 1 atom stereocenters. The van der Waals surface area contributed by atoms with E-state index >= 15 is 0 Å². The van der Waals surface area contributed by atoms with Crippen molar-refractivity contribution in [3.05, 3.63) is 58.2 Å². The smallest absolute Gasteiger partial charge is 0.344 e. The molecule has 1 aliphatic rings. The van der Waals surface area contributed by atoms with Crippen LogP contribution in [0.5, 0.6) is 11.5 Å². The number of benzene rings is 2. The molecule has 1 aliphatic heterocycles. The van der Waals surface area contributed by atoms with E-state index in [4.69, 9.17) is 14.2 Å². The van der Waals surface area contributed by atoms with E-state index in [1.54, 1.807) is 18.3 Å². The molecular weight excluding hydrogens is 400 g/mol. The van der Waals surface area contributed by atoms with Crippen molar-refractivity contribution >= 4 is 38.5 Å². The lowest BCUT2D eigenvalue weighted by molar-refractivity contribution is 0.0435. The second-order valence-corrected chi connectivity index (χ2v) is 6.64. The number of nitrogens with zero attached hydrogens (tertiary/aromatic N) is 1. The van der Waals surface area contributed by atoms with Gasteiger partial charge in [-0.2, -0.15) is 0 Å². The van der Waals surface area contributed by atoms with Crippen LogP contribution in [0.4, 0.5) is 5.69 Å². The van der Waals surface area contributed by atoms with Crippen molar-refractivity contribution in [3.63, 3.8) is 0 Å². The zero-order chi connectivity index (χ0) is 18.3. The van der Waals surface area contributed by atoms with Crippen molar-refractivity contribution in [3.8, 4) is 11.5 Å². The van der Waals surface area contributed by atoms with Crippen molar-refractivity contribution in [1.82, 2.24) is 4.98 Å². The highest BCUT2D eigenvalue weighted by Crippen LogP contribution is 2.42. The average Bonchev–Trinajstić information content (AvgIpc) is 2.96. The molecule has 0 radical (unpaired) electrons. The molecule has 2 heterocycles. The van der Waals surface area contributed by atoms with E-state index in [0.717, 1.165) is 21.1 Å². The topological polar surface area (TPSA) is 69.7 Å². The summed E-state index contributed by atoms with van der Waals surface area (Å²) in [6, 6.07) is 11.3. The van der Waals surface area contributed by atoms with Crippen molar-refractivity contribution < 1.29 is 19.0 Å². The number of cyclic esters (lactones) is 1. The lowest BCUT2D eigenvalue weighted by Gasteiger charge is -2.16. The molecule has 1 aromatic heterocycles. The summed E-state index contributed by atoms with van der Waals surface area (Å²) in [5, 5.41) is 4.24. The molecule has 26 heavy (non-hydrogen) atoms. The van der Waals surface area contributed by atoms with Gasteiger partial charge in [0.25, 0.3) is 0 Å². The Morgan fingerprint density at radius 3 is 2.81 bits per heavy atom. The summed E-state index contributed by atoms with van der Waals surface area (Å²) in [5.74, 6) is 0.399.